The van der Waals surface area contributed by atoms with E-state index in [-0.39, 0.29) is 17.1 Å². The fourth-order valence-corrected chi connectivity index (χ4v) is 1.90. The maximum absolute atomic E-state index is 12.2. The molecule has 1 amide bonds. The van der Waals surface area contributed by atoms with Gasteiger partial charge in [-0.25, -0.2) is 0 Å². The number of aromatic hydroxyl groups is 1. The lowest BCUT2D eigenvalue weighted by Crippen LogP contribution is -2.30. The van der Waals surface area contributed by atoms with Gasteiger partial charge in [0.1, 0.15) is 17.2 Å². The molecule has 0 aromatic heterocycles. The molecule has 0 saturated heterocycles. The van der Waals surface area contributed by atoms with Crippen LogP contribution in [0.5, 0.6) is 17.2 Å². The van der Waals surface area contributed by atoms with Crippen LogP contribution < -0.4 is 14.8 Å². The molecule has 0 aliphatic heterocycles. The van der Waals surface area contributed by atoms with Crippen LogP contribution in [0.3, 0.4) is 0 Å². The van der Waals surface area contributed by atoms with Gasteiger partial charge in [0, 0.05) is 18.2 Å². The first-order valence-corrected chi connectivity index (χ1v) is 6.99. The number of methoxy groups -OCH3 is 1. The number of ether oxygens (including phenoxy) is 2. The van der Waals surface area contributed by atoms with E-state index in [2.05, 4.69) is 5.32 Å². The predicted molar refractivity (Wildman–Crippen MR) is 86.5 cm³/mol. The van der Waals surface area contributed by atoms with E-state index in [1.807, 2.05) is 0 Å². The Hall–Kier alpha value is -3.29. The first-order valence-electron chi connectivity index (χ1n) is 6.99. The Morgan fingerprint density at radius 3 is 2.62 bits per heavy atom. The van der Waals surface area contributed by atoms with Gasteiger partial charge in [0.25, 0.3) is 11.6 Å². The van der Waals surface area contributed by atoms with Crippen LogP contribution >= 0.6 is 0 Å². The Kier molecular flexibility index (Phi) is 5.20. The molecule has 1 unspecified atom stereocenters. The number of nitro groups is 1. The minimum atomic E-state index is -0.893. The molecule has 1 atom stereocenters. The highest BCUT2D eigenvalue weighted by Gasteiger charge is 2.18. The van der Waals surface area contributed by atoms with E-state index in [1.54, 1.807) is 24.3 Å². The van der Waals surface area contributed by atoms with Crippen LogP contribution in [0.1, 0.15) is 6.92 Å². The summed E-state index contributed by atoms with van der Waals surface area (Å²) in [6, 6.07) is 10.1. The summed E-state index contributed by atoms with van der Waals surface area (Å²) in [7, 11) is 1.51. The number of non-ortho nitro benzene ring substituents is 1. The van der Waals surface area contributed by atoms with Crippen LogP contribution in [0, 0.1) is 10.1 Å². The zero-order valence-electron chi connectivity index (χ0n) is 13.1. The average molecular weight is 332 g/mol. The molecule has 2 N–H and O–H groups in total. The van der Waals surface area contributed by atoms with Crippen LogP contribution in [0.4, 0.5) is 11.4 Å². The third-order valence-corrected chi connectivity index (χ3v) is 3.17. The largest absolute Gasteiger partial charge is 0.506 e. The summed E-state index contributed by atoms with van der Waals surface area (Å²) in [5, 5.41) is 22.9. The van der Waals surface area contributed by atoms with Gasteiger partial charge in [-0.1, -0.05) is 6.07 Å². The van der Waals surface area contributed by atoms with E-state index in [1.165, 1.54) is 14.0 Å². The molecule has 0 saturated carbocycles. The molecule has 8 heteroatoms. The molecule has 0 fully saturated rings. The fraction of sp³-hybridized carbons (Fsp3) is 0.188. The van der Waals surface area contributed by atoms with Gasteiger partial charge in [0.2, 0.25) is 0 Å². The van der Waals surface area contributed by atoms with E-state index in [0.29, 0.717) is 11.5 Å². The van der Waals surface area contributed by atoms with Gasteiger partial charge in [0.15, 0.2) is 6.10 Å². The van der Waals surface area contributed by atoms with Gasteiger partial charge in [-0.3, -0.25) is 14.9 Å². The van der Waals surface area contributed by atoms with Crippen LogP contribution in [0.2, 0.25) is 0 Å². The number of phenols is 1. The molecule has 24 heavy (non-hydrogen) atoms. The van der Waals surface area contributed by atoms with Crippen molar-refractivity contribution >= 4 is 17.3 Å². The molecular weight excluding hydrogens is 316 g/mol. The van der Waals surface area contributed by atoms with Crippen molar-refractivity contribution in [1.29, 1.82) is 0 Å². The van der Waals surface area contributed by atoms with Crippen molar-refractivity contribution in [1.82, 2.24) is 0 Å². The van der Waals surface area contributed by atoms with E-state index < -0.39 is 16.9 Å². The highest BCUT2D eigenvalue weighted by Crippen LogP contribution is 2.28. The molecule has 0 bridgehead atoms. The van der Waals surface area contributed by atoms with Crippen molar-refractivity contribution in [3.05, 3.63) is 52.6 Å². The van der Waals surface area contributed by atoms with Gasteiger partial charge >= 0.3 is 0 Å². The first kappa shape index (κ1) is 17.1. The minimum absolute atomic E-state index is 0.0599. The molecule has 0 aliphatic rings. The number of nitro benzene ring substituents is 1. The lowest BCUT2D eigenvalue weighted by atomic mass is 10.2. The Balaban J connectivity index is 2.08. The number of anilines is 1. The number of hydrogen-bond acceptors (Lipinski definition) is 6. The second-order valence-electron chi connectivity index (χ2n) is 4.89. The lowest BCUT2D eigenvalue weighted by molar-refractivity contribution is -0.384. The lowest BCUT2D eigenvalue weighted by Gasteiger charge is -2.15. The second-order valence-corrected chi connectivity index (χ2v) is 4.89. The molecule has 0 radical (unpaired) electrons. The molecule has 0 aliphatic carbocycles. The third kappa shape index (κ3) is 4.13. The van der Waals surface area contributed by atoms with E-state index in [9.17, 15) is 20.0 Å². The number of carbonyl (C=O) groups is 1. The summed E-state index contributed by atoms with van der Waals surface area (Å²) in [4.78, 5) is 22.3. The van der Waals surface area contributed by atoms with Crippen molar-refractivity contribution < 1.29 is 24.3 Å². The van der Waals surface area contributed by atoms with Gasteiger partial charge in [-0.2, -0.15) is 0 Å². The van der Waals surface area contributed by atoms with Crippen molar-refractivity contribution in [2.45, 2.75) is 13.0 Å². The Morgan fingerprint density at radius 1 is 1.25 bits per heavy atom. The average Bonchev–Trinajstić information content (AvgIpc) is 2.56. The summed E-state index contributed by atoms with van der Waals surface area (Å²) in [5.41, 5.74) is -0.306. The SMILES string of the molecule is COc1cccc(OC(C)C(=O)Nc2cc([N+](=O)[O-])ccc2O)c1. The Labute approximate surface area is 137 Å². The quantitative estimate of drug-likeness (QED) is 0.478. The summed E-state index contributed by atoms with van der Waals surface area (Å²) >= 11 is 0. The molecular formula is C16H16N2O6. The standard InChI is InChI=1S/C16H16N2O6/c1-10(24-13-5-3-4-12(9-13)23-2)16(20)17-14-8-11(18(21)22)6-7-15(14)19/h3-10,19H,1-2H3,(H,17,20). The number of hydrogen-bond donors (Lipinski definition) is 2. The molecule has 126 valence electrons. The molecule has 0 spiro atoms. The zero-order chi connectivity index (χ0) is 17.7. The number of rotatable bonds is 6. The molecule has 2 rings (SSSR count). The number of carbonyl (C=O) groups excluding carboxylic acids is 1. The van der Waals surface area contributed by atoms with E-state index >= 15 is 0 Å². The third-order valence-electron chi connectivity index (χ3n) is 3.17. The monoisotopic (exact) mass is 332 g/mol. The summed E-state index contributed by atoms with van der Waals surface area (Å²) in [6.45, 7) is 1.52. The highest BCUT2D eigenvalue weighted by atomic mass is 16.6. The van der Waals surface area contributed by atoms with Gasteiger partial charge < -0.3 is 19.9 Å². The van der Waals surface area contributed by atoms with Gasteiger partial charge in [-0.05, 0) is 25.1 Å². The van der Waals surface area contributed by atoms with Crippen LogP contribution in [0.25, 0.3) is 0 Å². The van der Waals surface area contributed by atoms with Gasteiger partial charge in [-0.15, -0.1) is 0 Å². The molecule has 2 aromatic rings. The van der Waals surface area contributed by atoms with Crippen LogP contribution in [-0.4, -0.2) is 29.2 Å². The summed E-state index contributed by atoms with van der Waals surface area (Å²) < 4.78 is 10.6. The van der Waals surface area contributed by atoms with E-state index in [0.717, 1.165) is 18.2 Å². The van der Waals surface area contributed by atoms with Crippen LogP contribution in [-0.2, 0) is 4.79 Å². The van der Waals surface area contributed by atoms with Crippen molar-refractivity contribution in [3.63, 3.8) is 0 Å². The van der Waals surface area contributed by atoms with Crippen molar-refractivity contribution in [2.75, 3.05) is 12.4 Å². The summed E-state index contributed by atoms with van der Waals surface area (Å²) in [6.07, 6.45) is -0.893. The minimum Gasteiger partial charge on any atom is -0.506 e. The first-order chi connectivity index (χ1) is 11.4. The highest BCUT2D eigenvalue weighted by molar-refractivity contribution is 5.95. The van der Waals surface area contributed by atoms with Gasteiger partial charge in [0.05, 0.1) is 17.7 Å². The van der Waals surface area contributed by atoms with Crippen LogP contribution in [0.15, 0.2) is 42.5 Å². The molecule has 8 nitrogen and oxygen atoms in total. The summed E-state index contributed by atoms with van der Waals surface area (Å²) in [5.74, 6) is 0.174. The molecule has 0 heterocycles. The topological polar surface area (TPSA) is 111 Å². The van der Waals surface area contributed by atoms with E-state index in [4.69, 9.17) is 9.47 Å². The Bertz CT molecular complexity index is 762. The van der Waals surface area contributed by atoms with Crippen molar-refractivity contribution in [2.24, 2.45) is 0 Å². The number of nitrogens with one attached hydrogen (secondary N) is 1. The number of nitrogens with zero attached hydrogens (tertiary/aromatic N) is 1. The van der Waals surface area contributed by atoms with Crippen molar-refractivity contribution in [3.8, 4) is 17.2 Å². The zero-order valence-corrected chi connectivity index (χ0v) is 13.1. The second kappa shape index (κ2) is 7.32. The maximum atomic E-state index is 12.2. The molecule has 2 aromatic carbocycles. The normalized spacial score (nSPS) is 11.4. The fourth-order valence-electron chi connectivity index (χ4n) is 1.90. The number of amides is 1. The predicted octanol–water partition coefficient (Wildman–Crippen LogP) is 2.72. The Morgan fingerprint density at radius 2 is 1.96 bits per heavy atom. The maximum Gasteiger partial charge on any atom is 0.271 e. The smallest absolute Gasteiger partial charge is 0.271 e. The number of benzene rings is 2. The number of phenolic OH excluding ortho intramolecular Hbond substituents is 1.